The van der Waals surface area contributed by atoms with Crippen LogP contribution in [0.5, 0.6) is 0 Å². The number of aliphatic hydroxyl groups excluding tert-OH is 1. The maximum Gasteiger partial charge on any atom is 0.253 e. The summed E-state index contributed by atoms with van der Waals surface area (Å²) in [7, 11) is 0. The molecule has 0 spiro atoms. The predicted octanol–water partition coefficient (Wildman–Crippen LogP) is 4.20. The summed E-state index contributed by atoms with van der Waals surface area (Å²) in [6, 6.07) is 12.8. The van der Waals surface area contributed by atoms with Crippen LogP contribution in [0, 0.1) is 6.57 Å². The van der Waals surface area contributed by atoms with Crippen LogP contribution in [0.15, 0.2) is 48.5 Å². The van der Waals surface area contributed by atoms with Crippen molar-refractivity contribution in [3.63, 3.8) is 0 Å². The van der Waals surface area contributed by atoms with Crippen LogP contribution >= 0.6 is 23.2 Å². The highest BCUT2D eigenvalue weighted by Gasteiger charge is 2.25. The molecule has 2 atom stereocenters. The summed E-state index contributed by atoms with van der Waals surface area (Å²) in [6.45, 7) is 5.98. The Morgan fingerprint density at radius 1 is 1.12 bits per heavy atom. The largest absolute Gasteiger partial charge is 0.386 e. The van der Waals surface area contributed by atoms with Gasteiger partial charge in [-0.25, -0.2) is 9.24 Å². The second-order valence-corrected chi connectivity index (χ2v) is 6.39. The molecule has 7 heteroatoms. The Morgan fingerprint density at radius 3 is 2.08 bits per heavy atom. The van der Waals surface area contributed by atoms with Gasteiger partial charge in [-0.05, 0) is 16.7 Å². The number of carbonyl (C=O) groups excluding carboxylic acids is 1. The highest BCUT2D eigenvalue weighted by molar-refractivity contribution is 6.53. The van der Waals surface area contributed by atoms with Crippen LogP contribution in [0.4, 0.5) is 10.1 Å². The van der Waals surface area contributed by atoms with E-state index in [1.165, 1.54) is 0 Å². The van der Waals surface area contributed by atoms with Gasteiger partial charge >= 0.3 is 0 Å². The average molecular weight is 381 g/mol. The molecular formula is C18H15Cl2FN2O2. The monoisotopic (exact) mass is 380 g/mol. The number of alkyl halides is 3. The Bertz CT molecular complexity index is 758. The fraction of sp³-hybridized carbons (Fsp3) is 0.222. The molecule has 0 saturated heterocycles. The fourth-order valence-corrected chi connectivity index (χ4v) is 2.41. The number of rotatable bonds is 6. The first-order valence-corrected chi connectivity index (χ1v) is 8.24. The predicted molar refractivity (Wildman–Crippen MR) is 96.5 cm³/mol. The van der Waals surface area contributed by atoms with Gasteiger partial charge in [-0.1, -0.05) is 71.7 Å². The van der Waals surface area contributed by atoms with E-state index in [1.807, 2.05) is 12.1 Å². The van der Waals surface area contributed by atoms with Gasteiger partial charge in [-0.3, -0.25) is 4.79 Å². The van der Waals surface area contributed by atoms with Gasteiger partial charge in [0.1, 0.15) is 12.8 Å². The maximum absolute atomic E-state index is 13.1. The van der Waals surface area contributed by atoms with Crippen LogP contribution in [0.3, 0.4) is 0 Å². The van der Waals surface area contributed by atoms with Crippen molar-refractivity contribution < 1.29 is 14.3 Å². The molecule has 0 radical (unpaired) electrons. The van der Waals surface area contributed by atoms with Gasteiger partial charge < -0.3 is 10.4 Å². The van der Waals surface area contributed by atoms with Gasteiger partial charge in [0, 0.05) is 0 Å². The Hall–Kier alpha value is -2.13. The van der Waals surface area contributed by atoms with Crippen molar-refractivity contribution in [2.24, 2.45) is 0 Å². The van der Waals surface area contributed by atoms with E-state index in [1.54, 1.807) is 36.4 Å². The van der Waals surface area contributed by atoms with Crippen molar-refractivity contribution in [3.05, 3.63) is 65.5 Å². The van der Waals surface area contributed by atoms with E-state index in [-0.39, 0.29) is 0 Å². The Balaban J connectivity index is 2.14. The van der Waals surface area contributed by atoms with E-state index in [2.05, 4.69) is 10.2 Å². The number of hydrogen-bond acceptors (Lipinski definition) is 2. The Labute approximate surface area is 155 Å². The summed E-state index contributed by atoms with van der Waals surface area (Å²) in [5.74, 6) is -0.762. The molecule has 0 bridgehead atoms. The topological polar surface area (TPSA) is 53.7 Å². The molecule has 2 rings (SSSR count). The van der Waals surface area contributed by atoms with Gasteiger partial charge in [-0.2, -0.15) is 0 Å². The number of carbonyl (C=O) groups is 1. The summed E-state index contributed by atoms with van der Waals surface area (Å²) in [5, 5.41) is 12.5. The standard InChI is InChI=1S/C18H15Cl2FN2O2/c1-22-14-8-6-12(7-9-14)11-2-4-13(5-3-11)16(24)15(10-21)23-18(25)17(19)20/h2-9,15-17,24H,10H2,(H,23,25)/t15-,16-/m1/s1. The average Bonchev–Trinajstić information content (AvgIpc) is 2.65. The molecule has 1 amide bonds. The van der Waals surface area contributed by atoms with Gasteiger partial charge in [-0.15, -0.1) is 0 Å². The van der Waals surface area contributed by atoms with E-state index in [0.29, 0.717) is 11.3 Å². The summed E-state index contributed by atoms with van der Waals surface area (Å²) in [6.07, 6.45) is -1.24. The molecule has 2 aromatic rings. The van der Waals surface area contributed by atoms with E-state index in [9.17, 15) is 14.3 Å². The number of nitrogens with zero attached hydrogens (tertiary/aromatic N) is 1. The van der Waals surface area contributed by atoms with Crippen LogP contribution in [0.2, 0.25) is 0 Å². The minimum atomic E-state index is -1.33. The molecule has 2 N–H and O–H groups in total. The van der Waals surface area contributed by atoms with Gasteiger partial charge in [0.2, 0.25) is 0 Å². The van der Waals surface area contributed by atoms with Crippen molar-refractivity contribution in [1.29, 1.82) is 0 Å². The third-order valence-electron chi connectivity index (χ3n) is 3.66. The molecule has 0 unspecified atom stereocenters. The molecule has 0 saturated carbocycles. The number of aliphatic hydroxyl groups is 1. The molecule has 0 aromatic heterocycles. The first kappa shape index (κ1) is 19.2. The molecule has 0 aliphatic rings. The quantitative estimate of drug-likeness (QED) is 0.582. The second kappa shape index (κ2) is 8.82. The lowest BCUT2D eigenvalue weighted by molar-refractivity contribution is -0.121. The molecule has 4 nitrogen and oxygen atoms in total. The van der Waals surface area contributed by atoms with Crippen molar-refractivity contribution in [2.75, 3.05) is 6.67 Å². The fourth-order valence-electron chi connectivity index (χ4n) is 2.28. The van der Waals surface area contributed by atoms with Crippen LogP contribution in [0.25, 0.3) is 16.0 Å². The van der Waals surface area contributed by atoms with Gasteiger partial charge in [0.15, 0.2) is 10.5 Å². The zero-order valence-corrected chi connectivity index (χ0v) is 14.5. The summed E-state index contributed by atoms with van der Waals surface area (Å²) < 4.78 is 13.1. The van der Waals surface area contributed by atoms with E-state index in [4.69, 9.17) is 29.8 Å². The van der Waals surface area contributed by atoms with Crippen LogP contribution in [0.1, 0.15) is 11.7 Å². The summed E-state index contributed by atoms with van der Waals surface area (Å²) in [5.41, 5.74) is 2.80. The van der Waals surface area contributed by atoms with Crippen LogP contribution in [-0.2, 0) is 4.79 Å². The van der Waals surface area contributed by atoms with E-state index < -0.39 is 29.6 Å². The third-order valence-corrected chi connectivity index (χ3v) is 4.05. The van der Waals surface area contributed by atoms with Gasteiger partial charge in [0.05, 0.1) is 12.6 Å². The van der Waals surface area contributed by atoms with Crippen LogP contribution < -0.4 is 5.32 Å². The minimum Gasteiger partial charge on any atom is -0.386 e. The number of amides is 1. The lowest BCUT2D eigenvalue weighted by Gasteiger charge is -2.22. The summed E-state index contributed by atoms with van der Waals surface area (Å²) >= 11 is 10.8. The Kier molecular flexibility index (Phi) is 6.77. The molecule has 0 aliphatic carbocycles. The highest BCUT2D eigenvalue weighted by Crippen LogP contribution is 2.25. The highest BCUT2D eigenvalue weighted by atomic mass is 35.5. The Morgan fingerprint density at radius 2 is 1.64 bits per heavy atom. The molecule has 0 fully saturated rings. The zero-order chi connectivity index (χ0) is 18.4. The number of halogens is 3. The van der Waals surface area contributed by atoms with Crippen molar-refractivity contribution >= 4 is 34.8 Å². The van der Waals surface area contributed by atoms with Crippen molar-refractivity contribution in [3.8, 4) is 11.1 Å². The maximum atomic E-state index is 13.1. The molecule has 2 aromatic carbocycles. The second-order valence-electron chi connectivity index (χ2n) is 5.30. The normalized spacial score (nSPS) is 13.1. The van der Waals surface area contributed by atoms with Crippen LogP contribution in [-0.4, -0.2) is 28.6 Å². The van der Waals surface area contributed by atoms with Crippen molar-refractivity contribution in [2.45, 2.75) is 17.0 Å². The zero-order valence-electron chi connectivity index (χ0n) is 13.0. The van der Waals surface area contributed by atoms with Crippen molar-refractivity contribution in [1.82, 2.24) is 5.32 Å². The molecular weight excluding hydrogens is 366 g/mol. The molecule has 0 heterocycles. The SMILES string of the molecule is [C-]#[N+]c1ccc(-c2ccc([C@@H](O)[C@@H](CF)NC(=O)C(Cl)Cl)cc2)cc1. The first-order chi connectivity index (χ1) is 12.0. The molecule has 25 heavy (non-hydrogen) atoms. The van der Waals surface area contributed by atoms with Gasteiger partial charge in [0.25, 0.3) is 5.91 Å². The summed E-state index contributed by atoms with van der Waals surface area (Å²) in [4.78, 5) is 13.5. The van der Waals surface area contributed by atoms with E-state index >= 15 is 0 Å². The number of hydrogen-bond donors (Lipinski definition) is 2. The van der Waals surface area contributed by atoms with E-state index in [0.717, 1.165) is 11.1 Å². The molecule has 0 aliphatic heterocycles. The lowest BCUT2D eigenvalue weighted by atomic mass is 9.98. The lowest BCUT2D eigenvalue weighted by Crippen LogP contribution is -2.43. The number of benzene rings is 2. The first-order valence-electron chi connectivity index (χ1n) is 7.36. The minimum absolute atomic E-state index is 0.449. The smallest absolute Gasteiger partial charge is 0.253 e. The third kappa shape index (κ3) is 4.93. The number of nitrogens with one attached hydrogen (secondary N) is 1. The molecule has 130 valence electrons.